The van der Waals surface area contributed by atoms with Crippen LogP contribution in [-0.4, -0.2) is 19.1 Å². The second kappa shape index (κ2) is 4.40. The van der Waals surface area contributed by atoms with Crippen LogP contribution in [0, 0.1) is 0 Å². The third-order valence-electron chi connectivity index (χ3n) is 1.63. The summed E-state index contributed by atoms with van der Waals surface area (Å²) in [5, 5.41) is 1.46. The fourth-order valence-corrected chi connectivity index (χ4v) is 1.45. The van der Waals surface area contributed by atoms with Crippen molar-refractivity contribution in [3.63, 3.8) is 0 Å². The second-order valence-corrected chi connectivity index (χ2v) is 4.11. The smallest absolute Gasteiger partial charge is 0.319 e. The van der Waals surface area contributed by atoms with E-state index in [-0.39, 0.29) is 5.69 Å². The van der Waals surface area contributed by atoms with Gasteiger partial charge in [0.1, 0.15) is 0 Å². The Balaban J connectivity index is 3.15. The number of hydrogen-bond donors (Lipinski definition) is 1. The number of nitrogens with zero attached hydrogens (tertiary/aromatic N) is 1. The highest BCUT2D eigenvalue weighted by atomic mass is 79.9. The lowest BCUT2D eigenvalue weighted by Crippen LogP contribution is -2.22. The van der Waals surface area contributed by atoms with Gasteiger partial charge in [0.15, 0.2) is 0 Å². The van der Waals surface area contributed by atoms with E-state index in [9.17, 15) is 13.2 Å². The van der Waals surface area contributed by atoms with E-state index in [4.69, 9.17) is 0 Å². The second-order valence-electron chi connectivity index (χ2n) is 3.19. The van der Waals surface area contributed by atoms with Gasteiger partial charge in [-0.25, -0.2) is 5.01 Å². The first kappa shape index (κ1) is 12.3. The van der Waals surface area contributed by atoms with Gasteiger partial charge in [0.2, 0.25) is 0 Å². The highest BCUT2D eigenvalue weighted by molar-refractivity contribution is 9.10. The quantitative estimate of drug-likeness (QED) is 0.837. The predicted molar refractivity (Wildman–Crippen MR) is 56.5 cm³/mol. The van der Waals surface area contributed by atoms with Crippen LogP contribution < -0.4 is 5.43 Å². The predicted octanol–water partition coefficient (Wildman–Crippen LogP) is 3.36. The lowest BCUT2D eigenvalue weighted by molar-refractivity contribution is -0.137. The van der Waals surface area contributed by atoms with Crippen LogP contribution in [0.3, 0.4) is 0 Å². The van der Waals surface area contributed by atoms with Gasteiger partial charge in [-0.05, 0) is 18.2 Å². The minimum absolute atomic E-state index is 0.0377. The first-order chi connectivity index (χ1) is 6.80. The van der Waals surface area contributed by atoms with Crippen molar-refractivity contribution in [1.29, 1.82) is 0 Å². The van der Waals surface area contributed by atoms with Crippen LogP contribution in [0.1, 0.15) is 5.56 Å². The molecule has 0 saturated carbocycles. The molecule has 1 N–H and O–H groups in total. The molecule has 0 fully saturated rings. The normalized spacial score (nSPS) is 11.9. The van der Waals surface area contributed by atoms with Gasteiger partial charge in [0.05, 0.1) is 11.3 Å². The molecular formula is C9H10BrF3N2. The molecule has 1 aromatic rings. The lowest BCUT2D eigenvalue weighted by Gasteiger charge is -2.18. The third kappa shape index (κ3) is 3.39. The van der Waals surface area contributed by atoms with E-state index in [0.29, 0.717) is 4.47 Å². The Morgan fingerprint density at radius 3 is 2.33 bits per heavy atom. The van der Waals surface area contributed by atoms with E-state index >= 15 is 0 Å². The van der Waals surface area contributed by atoms with Gasteiger partial charge in [0.25, 0.3) is 0 Å². The highest BCUT2D eigenvalue weighted by Crippen LogP contribution is 2.36. The molecular weight excluding hydrogens is 273 g/mol. The molecule has 0 saturated heterocycles. The van der Waals surface area contributed by atoms with Gasteiger partial charge in [-0.1, -0.05) is 15.9 Å². The third-order valence-corrected chi connectivity index (χ3v) is 2.12. The van der Waals surface area contributed by atoms with Gasteiger partial charge in [-0.15, -0.1) is 0 Å². The molecule has 0 aromatic heterocycles. The molecule has 0 atom stereocenters. The Labute approximate surface area is 94.2 Å². The van der Waals surface area contributed by atoms with Crippen LogP contribution in [0.15, 0.2) is 22.7 Å². The summed E-state index contributed by atoms with van der Waals surface area (Å²) in [6.45, 7) is 0. The number of benzene rings is 1. The zero-order valence-electron chi connectivity index (χ0n) is 8.19. The molecule has 2 nitrogen and oxygen atoms in total. The summed E-state index contributed by atoms with van der Waals surface area (Å²) in [5.74, 6) is 0. The summed E-state index contributed by atoms with van der Waals surface area (Å²) < 4.78 is 38.2. The maximum atomic E-state index is 12.6. The van der Waals surface area contributed by atoms with Crippen LogP contribution in [0.5, 0.6) is 0 Å². The summed E-state index contributed by atoms with van der Waals surface area (Å²) in [6.07, 6.45) is -4.36. The van der Waals surface area contributed by atoms with Gasteiger partial charge in [-0.2, -0.15) is 13.2 Å². The van der Waals surface area contributed by atoms with Crippen LogP contribution in [-0.2, 0) is 6.18 Å². The molecule has 0 aliphatic carbocycles. The van der Waals surface area contributed by atoms with Crippen LogP contribution in [0.25, 0.3) is 0 Å². The zero-order valence-corrected chi connectivity index (χ0v) is 9.78. The maximum Gasteiger partial charge on any atom is 0.418 e. The Hall–Kier alpha value is -0.750. The number of alkyl halides is 3. The number of halogens is 4. The van der Waals surface area contributed by atoms with Gasteiger partial charge in [0, 0.05) is 18.6 Å². The van der Waals surface area contributed by atoms with E-state index in [1.807, 2.05) is 0 Å². The van der Waals surface area contributed by atoms with Crippen molar-refractivity contribution in [3.05, 3.63) is 28.2 Å². The molecule has 1 rings (SSSR count). The topological polar surface area (TPSA) is 15.3 Å². The van der Waals surface area contributed by atoms with Gasteiger partial charge in [-0.3, -0.25) is 0 Å². The minimum atomic E-state index is -4.36. The van der Waals surface area contributed by atoms with Crippen molar-refractivity contribution < 1.29 is 13.2 Å². The number of anilines is 1. The maximum absolute atomic E-state index is 12.6. The average molecular weight is 283 g/mol. The summed E-state index contributed by atoms with van der Waals surface area (Å²) >= 11 is 3.01. The number of hydrogen-bond acceptors (Lipinski definition) is 2. The molecule has 1 aromatic carbocycles. The fraction of sp³-hybridized carbons (Fsp3) is 0.333. The van der Waals surface area contributed by atoms with Gasteiger partial charge >= 0.3 is 6.18 Å². The standard InChI is InChI=1S/C9H10BrF3N2/c1-15(2)14-8-4-3-6(10)5-7(8)9(11,12)13/h3-5,14H,1-2H3. The molecule has 0 heterocycles. The Morgan fingerprint density at radius 1 is 1.27 bits per heavy atom. The van der Waals surface area contributed by atoms with Crippen LogP contribution in [0.4, 0.5) is 18.9 Å². The van der Waals surface area contributed by atoms with Crippen molar-refractivity contribution in [2.24, 2.45) is 0 Å². The monoisotopic (exact) mass is 282 g/mol. The van der Waals surface area contributed by atoms with E-state index in [2.05, 4.69) is 21.4 Å². The molecule has 0 spiro atoms. The van der Waals surface area contributed by atoms with Crippen molar-refractivity contribution in [3.8, 4) is 0 Å². The Kier molecular flexibility index (Phi) is 3.62. The molecule has 0 unspecified atom stereocenters. The fourth-order valence-electron chi connectivity index (χ4n) is 1.09. The van der Waals surface area contributed by atoms with Crippen molar-refractivity contribution in [1.82, 2.24) is 5.01 Å². The first-order valence-corrected chi connectivity index (χ1v) is 4.90. The minimum Gasteiger partial charge on any atom is -0.319 e. The van der Waals surface area contributed by atoms with Crippen molar-refractivity contribution in [2.45, 2.75) is 6.18 Å². The summed E-state index contributed by atoms with van der Waals surface area (Å²) in [4.78, 5) is 0. The molecule has 0 amide bonds. The number of hydrazine groups is 1. The summed E-state index contributed by atoms with van der Waals surface area (Å²) in [5.41, 5.74) is 1.95. The molecule has 0 bridgehead atoms. The van der Waals surface area contributed by atoms with E-state index < -0.39 is 11.7 Å². The van der Waals surface area contributed by atoms with E-state index in [0.717, 1.165) is 6.07 Å². The first-order valence-electron chi connectivity index (χ1n) is 4.11. The average Bonchev–Trinajstić information content (AvgIpc) is 2.05. The SMILES string of the molecule is CN(C)Nc1ccc(Br)cc1C(F)(F)F. The van der Waals surface area contributed by atoms with Crippen LogP contribution in [0.2, 0.25) is 0 Å². The summed E-state index contributed by atoms with van der Waals surface area (Å²) in [6, 6.07) is 3.99. The Morgan fingerprint density at radius 2 is 1.87 bits per heavy atom. The van der Waals surface area contributed by atoms with E-state index in [1.54, 1.807) is 20.2 Å². The molecule has 15 heavy (non-hydrogen) atoms. The lowest BCUT2D eigenvalue weighted by atomic mass is 10.2. The van der Waals surface area contributed by atoms with Crippen molar-refractivity contribution in [2.75, 3.05) is 19.5 Å². The summed E-state index contributed by atoms with van der Waals surface area (Å²) in [7, 11) is 3.25. The zero-order chi connectivity index (χ0) is 11.6. The number of rotatable bonds is 2. The molecule has 0 radical (unpaired) electrons. The molecule has 0 aliphatic heterocycles. The van der Waals surface area contributed by atoms with E-state index in [1.165, 1.54) is 11.1 Å². The van der Waals surface area contributed by atoms with Crippen molar-refractivity contribution >= 4 is 21.6 Å². The molecule has 84 valence electrons. The molecule has 6 heteroatoms. The van der Waals surface area contributed by atoms with Crippen LogP contribution >= 0.6 is 15.9 Å². The number of nitrogens with one attached hydrogen (secondary N) is 1. The molecule has 0 aliphatic rings. The largest absolute Gasteiger partial charge is 0.418 e. The van der Waals surface area contributed by atoms with Gasteiger partial charge < -0.3 is 5.43 Å². The Bertz CT molecular complexity index is 350. The highest BCUT2D eigenvalue weighted by Gasteiger charge is 2.33.